The molecule has 1 aromatic heterocycles. The van der Waals surface area contributed by atoms with Crippen molar-refractivity contribution in [2.75, 3.05) is 6.54 Å². The number of nitrogens with one attached hydrogen (secondary N) is 1. The van der Waals surface area contributed by atoms with Gasteiger partial charge < -0.3 is 9.73 Å². The quantitative estimate of drug-likeness (QED) is 0.865. The molecule has 0 aliphatic heterocycles. The van der Waals surface area contributed by atoms with E-state index in [0.29, 0.717) is 16.0 Å². The molecule has 2 rings (SSSR count). The minimum absolute atomic E-state index is 0.00505. The normalized spacial score (nSPS) is 14.0. The molecule has 0 saturated carbocycles. The number of fused-ring (bicyclic) bond motifs is 1. The Balaban J connectivity index is 2.52. The Morgan fingerprint density at radius 2 is 2.00 bits per heavy atom. The molecule has 0 aliphatic rings. The van der Waals surface area contributed by atoms with Crippen LogP contribution in [0.1, 0.15) is 39.5 Å². The summed E-state index contributed by atoms with van der Waals surface area (Å²) < 4.78 is 19.2. The van der Waals surface area contributed by atoms with Crippen molar-refractivity contribution in [3.63, 3.8) is 0 Å². The second-order valence-corrected chi connectivity index (χ2v) is 6.22. The first-order valence-corrected chi connectivity index (χ1v) is 6.82. The molecule has 1 heterocycles. The van der Waals surface area contributed by atoms with Crippen LogP contribution in [-0.4, -0.2) is 6.54 Å². The van der Waals surface area contributed by atoms with Gasteiger partial charge in [-0.1, -0.05) is 39.3 Å². The highest BCUT2D eigenvalue weighted by Crippen LogP contribution is 2.37. The molecule has 1 N–H and O–H groups in total. The number of furan rings is 1. The summed E-state index contributed by atoms with van der Waals surface area (Å²) >= 11 is 6.02. The molecular formula is C15H19ClFNO. The van der Waals surface area contributed by atoms with Gasteiger partial charge in [0.2, 0.25) is 0 Å². The molecule has 2 aromatic rings. The zero-order valence-corrected chi connectivity index (χ0v) is 12.4. The van der Waals surface area contributed by atoms with Gasteiger partial charge in [0, 0.05) is 5.39 Å². The van der Waals surface area contributed by atoms with E-state index in [1.54, 1.807) is 0 Å². The molecule has 0 spiro atoms. The van der Waals surface area contributed by atoms with Gasteiger partial charge in [-0.25, -0.2) is 4.39 Å². The van der Waals surface area contributed by atoms with Gasteiger partial charge in [-0.15, -0.1) is 0 Å². The van der Waals surface area contributed by atoms with Crippen LogP contribution >= 0.6 is 11.6 Å². The fourth-order valence-corrected chi connectivity index (χ4v) is 2.53. The van der Waals surface area contributed by atoms with E-state index in [1.165, 1.54) is 12.1 Å². The Bertz CT molecular complexity index is 586. The van der Waals surface area contributed by atoms with Crippen molar-refractivity contribution < 1.29 is 8.81 Å². The highest BCUT2D eigenvalue weighted by atomic mass is 35.5. The second kappa shape index (κ2) is 5.14. The molecule has 0 aliphatic carbocycles. The van der Waals surface area contributed by atoms with Crippen LogP contribution < -0.4 is 5.32 Å². The van der Waals surface area contributed by atoms with Crippen LogP contribution in [0.4, 0.5) is 4.39 Å². The Morgan fingerprint density at radius 3 is 2.58 bits per heavy atom. The zero-order chi connectivity index (χ0) is 14.2. The summed E-state index contributed by atoms with van der Waals surface area (Å²) in [6.45, 7) is 9.29. The van der Waals surface area contributed by atoms with Crippen molar-refractivity contribution in [1.82, 2.24) is 5.32 Å². The van der Waals surface area contributed by atoms with E-state index in [0.717, 1.165) is 12.3 Å². The average Bonchev–Trinajstić information content (AvgIpc) is 2.67. The van der Waals surface area contributed by atoms with E-state index in [9.17, 15) is 4.39 Å². The maximum atomic E-state index is 13.3. The van der Waals surface area contributed by atoms with E-state index in [1.807, 2.05) is 13.0 Å². The van der Waals surface area contributed by atoms with Crippen molar-refractivity contribution >= 4 is 22.6 Å². The van der Waals surface area contributed by atoms with Crippen molar-refractivity contribution in [1.29, 1.82) is 0 Å². The van der Waals surface area contributed by atoms with E-state index in [2.05, 4.69) is 26.1 Å². The lowest BCUT2D eigenvalue weighted by molar-refractivity contribution is 0.244. The van der Waals surface area contributed by atoms with Gasteiger partial charge >= 0.3 is 0 Å². The van der Waals surface area contributed by atoms with Crippen LogP contribution in [0.3, 0.4) is 0 Å². The largest absolute Gasteiger partial charge is 0.458 e. The van der Waals surface area contributed by atoms with Crippen molar-refractivity contribution in [2.45, 2.75) is 33.7 Å². The standard InChI is InChI=1S/C15H19ClFNO/c1-5-18-14(15(2,3)4)12-7-9-6-10(17)8-11(16)13(9)19-12/h6-8,14,18H,5H2,1-4H3. The lowest BCUT2D eigenvalue weighted by Crippen LogP contribution is -2.31. The Hall–Kier alpha value is -1.06. The third-order valence-electron chi connectivity index (χ3n) is 3.11. The van der Waals surface area contributed by atoms with E-state index >= 15 is 0 Å². The highest BCUT2D eigenvalue weighted by molar-refractivity contribution is 6.34. The summed E-state index contributed by atoms with van der Waals surface area (Å²) in [7, 11) is 0. The molecule has 1 aromatic carbocycles. The molecule has 0 fully saturated rings. The molecule has 1 atom stereocenters. The van der Waals surface area contributed by atoms with Gasteiger partial charge in [0.25, 0.3) is 0 Å². The molecule has 1 unspecified atom stereocenters. The molecular weight excluding hydrogens is 265 g/mol. The minimum Gasteiger partial charge on any atom is -0.458 e. The van der Waals surface area contributed by atoms with Gasteiger partial charge in [-0.3, -0.25) is 0 Å². The van der Waals surface area contributed by atoms with Crippen LogP contribution in [0.2, 0.25) is 5.02 Å². The fourth-order valence-electron chi connectivity index (χ4n) is 2.28. The van der Waals surface area contributed by atoms with Crippen LogP contribution in [-0.2, 0) is 0 Å². The fraction of sp³-hybridized carbons (Fsp3) is 0.467. The van der Waals surface area contributed by atoms with Gasteiger partial charge in [0.05, 0.1) is 11.1 Å². The topological polar surface area (TPSA) is 25.2 Å². The first-order chi connectivity index (χ1) is 8.82. The van der Waals surface area contributed by atoms with Crippen LogP contribution in [0.15, 0.2) is 22.6 Å². The lowest BCUT2D eigenvalue weighted by atomic mass is 9.85. The number of benzene rings is 1. The number of halogens is 2. The predicted octanol–water partition coefficient (Wildman–Crippen LogP) is 4.92. The van der Waals surface area contributed by atoms with Gasteiger partial charge in [0.1, 0.15) is 11.6 Å². The molecule has 19 heavy (non-hydrogen) atoms. The molecule has 0 saturated heterocycles. The van der Waals surface area contributed by atoms with Crippen molar-refractivity contribution in [3.8, 4) is 0 Å². The third kappa shape index (κ3) is 2.93. The molecule has 4 heteroatoms. The SMILES string of the molecule is CCNC(c1cc2cc(F)cc(Cl)c2o1)C(C)(C)C. The Kier molecular flexibility index (Phi) is 3.88. The number of rotatable bonds is 3. The van der Waals surface area contributed by atoms with E-state index < -0.39 is 0 Å². The van der Waals surface area contributed by atoms with Crippen LogP contribution in [0.25, 0.3) is 11.0 Å². The molecule has 0 radical (unpaired) electrons. The Morgan fingerprint density at radius 1 is 1.32 bits per heavy atom. The molecule has 0 bridgehead atoms. The maximum Gasteiger partial charge on any atom is 0.153 e. The Labute approximate surface area is 117 Å². The third-order valence-corrected chi connectivity index (χ3v) is 3.39. The number of hydrogen-bond acceptors (Lipinski definition) is 2. The summed E-state index contributed by atoms with van der Waals surface area (Å²) in [5.74, 6) is 0.442. The lowest BCUT2D eigenvalue weighted by Gasteiger charge is -2.29. The summed E-state index contributed by atoms with van der Waals surface area (Å²) in [4.78, 5) is 0. The monoisotopic (exact) mass is 283 g/mol. The highest BCUT2D eigenvalue weighted by Gasteiger charge is 2.28. The summed E-state index contributed by atoms with van der Waals surface area (Å²) in [6.07, 6.45) is 0. The minimum atomic E-state index is -0.347. The smallest absolute Gasteiger partial charge is 0.153 e. The van der Waals surface area contributed by atoms with Crippen molar-refractivity contribution in [2.24, 2.45) is 5.41 Å². The predicted molar refractivity (Wildman–Crippen MR) is 77.1 cm³/mol. The van der Waals surface area contributed by atoms with Gasteiger partial charge in [-0.05, 0) is 30.2 Å². The van der Waals surface area contributed by atoms with Crippen LogP contribution in [0.5, 0.6) is 0 Å². The van der Waals surface area contributed by atoms with E-state index in [4.69, 9.17) is 16.0 Å². The first kappa shape index (κ1) is 14.4. The second-order valence-electron chi connectivity index (χ2n) is 5.81. The van der Waals surface area contributed by atoms with Crippen LogP contribution in [0, 0.1) is 11.2 Å². The average molecular weight is 284 g/mol. The van der Waals surface area contributed by atoms with E-state index in [-0.39, 0.29) is 17.3 Å². The van der Waals surface area contributed by atoms with Gasteiger partial charge in [-0.2, -0.15) is 0 Å². The van der Waals surface area contributed by atoms with Crippen molar-refractivity contribution in [3.05, 3.63) is 34.8 Å². The van der Waals surface area contributed by atoms with Gasteiger partial charge in [0.15, 0.2) is 5.58 Å². The summed E-state index contributed by atoms with van der Waals surface area (Å²) in [5, 5.41) is 4.41. The summed E-state index contributed by atoms with van der Waals surface area (Å²) in [5.41, 5.74) is 0.541. The first-order valence-electron chi connectivity index (χ1n) is 6.44. The summed E-state index contributed by atoms with van der Waals surface area (Å²) in [6, 6.07) is 4.64. The molecule has 104 valence electrons. The molecule has 2 nitrogen and oxygen atoms in total. The number of hydrogen-bond donors (Lipinski definition) is 1. The zero-order valence-electron chi connectivity index (χ0n) is 11.7. The maximum absolute atomic E-state index is 13.3. The molecule has 0 amide bonds.